The molecule has 154 valence electrons. The molecule has 7 nitrogen and oxygen atoms in total. The third kappa shape index (κ3) is 11.2. The number of carbonyl (C=O) groups excluding carboxylic acids is 3. The van der Waals surface area contributed by atoms with Crippen LogP contribution in [0.2, 0.25) is 0 Å². The number of rotatable bonds is 9. The van der Waals surface area contributed by atoms with Crippen LogP contribution in [-0.4, -0.2) is 42.9 Å². The number of hydrogen-bond acceptors (Lipinski definition) is 6. The lowest BCUT2D eigenvalue weighted by Crippen LogP contribution is -2.48. The molecular formula is C20H33NO6. The van der Waals surface area contributed by atoms with E-state index in [2.05, 4.69) is 24.1 Å². The van der Waals surface area contributed by atoms with Gasteiger partial charge in [-0.15, -0.1) is 5.92 Å². The average Bonchev–Trinajstić information content (AvgIpc) is 2.53. The van der Waals surface area contributed by atoms with Crippen molar-refractivity contribution < 1.29 is 28.6 Å². The second-order valence-corrected chi connectivity index (χ2v) is 6.88. The zero-order chi connectivity index (χ0) is 20.9. The zero-order valence-corrected chi connectivity index (χ0v) is 17.3. The highest BCUT2D eigenvalue weighted by Crippen LogP contribution is 2.13. The van der Waals surface area contributed by atoms with E-state index in [1.165, 1.54) is 0 Å². The fourth-order valence-corrected chi connectivity index (χ4v) is 2.12. The largest absolute Gasteiger partial charge is 0.465 e. The Kier molecular flexibility index (Phi) is 11.9. The summed E-state index contributed by atoms with van der Waals surface area (Å²) in [6, 6.07) is -1.10. The van der Waals surface area contributed by atoms with E-state index in [1.807, 2.05) is 0 Å². The average molecular weight is 383 g/mol. The summed E-state index contributed by atoms with van der Waals surface area (Å²) >= 11 is 0. The molecule has 1 N–H and O–H groups in total. The van der Waals surface area contributed by atoms with Gasteiger partial charge >= 0.3 is 18.0 Å². The van der Waals surface area contributed by atoms with Crippen LogP contribution in [0.4, 0.5) is 4.79 Å². The summed E-state index contributed by atoms with van der Waals surface area (Å²) in [4.78, 5) is 36.8. The Morgan fingerprint density at radius 1 is 0.963 bits per heavy atom. The minimum absolute atomic E-state index is 0.0951. The number of esters is 2. The highest BCUT2D eigenvalue weighted by Gasteiger charge is 2.38. The third-order valence-electron chi connectivity index (χ3n) is 3.25. The molecule has 0 saturated heterocycles. The van der Waals surface area contributed by atoms with E-state index >= 15 is 0 Å². The van der Waals surface area contributed by atoms with Crippen molar-refractivity contribution >= 4 is 18.0 Å². The van der Waals surface area contributed by atoms with Crippen molar-refractivity contribution in [2.24, 2.45) is 5.92 Å². The van der Waals surface area contributed by atoms with Crippen LogP contribution in [0, 0.1) is 17.8 Å². The van der Waals surface area contributed by atoms with Crippen LogP contribution in [0.3, 0.4) is 0 Å². The van der Waals surface area contributed by atoms with Crippen LogP contribution in [-0.2, 0) is 23.8 Å². The Morgan fingerprint density at radius 2 is 1.52 bits per heavy atom. The molecule has 1 amide bonds. The van der Waals surface area contributed by atoms with Gasteiger partial charge < -0.3 is 19.5 Å². The Hall–Kier alpha value is -2.23. The number of nitrogens with one attached hydrogen (secondary N) is 1. The predicted molar refractivity (Wildman–Crippen MR) is 102 cm³/mol. The van der Waals surface area contributed by atoms with Gasteiger partial charge in [0.05, 0.1) is 13.2 Å². The molecule has 0 rings (SSSR count). The number of carbonyl (C=O) groups is 3. The van der Waals surface area contributed by atoms with Gasteiger partial charge in [0.15, 0.2) is 5.92 Å². The van der Waals surface area contributed by atoms with Crippen molar-refractivity contribution in [3.8, 4) is 11.8 Å². The molecule has 0 bridgehead atoms. The van der Waals surface area contributed by atoms with Gasteiger partial charge in [0.2, 0.25) is 0 Å². The predicted octanol–water partition coefficient (Wildman–Crippen LogP) is 3.21. The molecule has 0 saturated carbocycles. The molecule has 1 unspecified atom stereocenters. The van der Waals surface area contributed by atoms with E-state index in [0.29, 0.717) is 6.42 Å². The summed E-state index contributed by atoms with van der Waals surface area (Å²) in [5.74, 6) is 2.78. The van der Waals surface area contributed by atoms with Gasteiger partial charge in [-0.25, -0.2) is 4.79 Å². The van der Waals surface area contributed by atoms with Crippen molar-refractivity contribution in [1.29, 1.82) is 0 Å². The Morgan fingerprint density at radius 3 is 1.96 bits per heavy atom. The van der Waals surface area contributed by atoms with Crippen LogP contribution < -0.4 is 5.32 Å². The van der Waals surface area contributed by atoms with Crippen molar-refractivity contribution in [3.63, 3.8) is 0 Å². The fraction of sp³-hybridized carbons (Fsp3) is 0.750. The minimum atomic E-state index is -1.38. The van der Waals surface area contributed by atoms with Crippen molar-refractivity contribution in [2.45, 2.75) is 78.9 Å². The van der Waals surface area contributed by atoms with Gasteiger partial charge in [-0.05, 0) is 41.0 Å². The van der Waals surface area contributed by atoms with Crippen LogP contribution in [0.5, 0.6) is 0 Å². The van der Waals surface area contributed by atoms with Crippen LogP contribution in [0.25, 0.3) is 0 Å². The number of unbranched alkanes of at least 4 members (excludes halogenated alkanes) is 3. The van der Waals surface area contributed by atoms with Crippen LogP contribution >= 0.6 is 0 Å². The van der Waals surface area contributed by atoms with E-state index in [1.54, 1.807) is 34.6 Å². The minimum Gasteiger partial charge on any atom is -0.465 e. The number of ether oxygens (including phenoxy) is 3. The molecule has 1 atom stereocenters. The van der Waals surface area contributed by atoms with Crippen molar-refractivity contribution in [2.75, 3.05) is 13.2 Å². The standard InChI is InChI=1S/C20H33NO6/c1-7-10-11-12-13-14-15(21-19(24)27-20(4,5)6)16(17(22)25-8-2)18(23)26-9-3/h15-16H,7-12H2,1-6H3,(H,21,24). The SMILES string of the molecule is CCCCCC#CC(NC(=O)OC(C)(C)C)C(C(=O)OCC)C(=O)OCC. The normalized spacial score (nSPS) is 11.8. The van der Waals surface area contributed by atoms with Crippen molar-refractivity contribution in [1.82, 2.24) is 5.32 Å². The first-order valence-corrected chi connectivity index (χ1v) is 9.47. The second-order valence-electron chi connectivity index (χ2n) is 6.88. The van der Waals surface area contributed by atoms with E-state index in [9.17, 15) is 14.4 Å². The lowest BCUT2D eigenvalue weighted by Gasteiger charge is -2.24. The molecule has 0 aliphatic carbocycles. The molecule has 0 aromatic heterocycles. The summed E-state index contributed by atoms with van der Waals surface area (Å²) in [6.07, 6.45) is 2.80. The summed E-state index contributed by atoms with van der Waals surface area (Å²) < 4.78 is 15.2. The molecule has 0 aromatic carbocycles. The van der Waals surface area contributed by atoms with Gasteiger partial charge in [-0.2, -0.15) is 0 Å². The first kappa shape index (κ1) is 24.8. The maximum absolute atomic E-state index is 12.3. The lowest BCUT2D eigenvalue weighted by molar-refractivity contribution is -0.162. The quantitative estimate of drug-likeness (QED) is 0.216. The molecular weight excluding hydrogens is 350 g/mol. The van der Waals surface area contributed by atoms with Crippen molar-refractivity contribution in [3.05, 3.63) is 0 Å². The molecule has 7 heteroatoms. The van der Waals surface area contributed by atoms with Gasteiger partial charge in [0.25, 0.3) is 0 Å². The first-order valence-electron chi connectivity index (χ1n) is 9.47. The summed E-state index contributed by atoms with van der Waals surface area (Å²) in [5.41, 5.74) is -0.730. The topological polar surface area (TPSA) is 90.9 Å². The van der Waals surface area contributed by atoms with Gasteiger partial charge in [0.1, 0.15) is 11.6 Å². The van der Waals surface area contributed by atoms with E-state index < -0.39 is 35.6 Å². The molecule has 0 spiro atoms. The Bertz CT molecular complexity index is 523. The van der Waals surface area contributed by atoms with Gasteiger partial charge in [0, 0.05) is 6.42 Å². The second kappa shape index (κ2) is 13.0. The van der Waals surface area contributed by atoms with E-state index in [-0.39, 0.29) is 13.2 Å². The number of alkyl carbamates (subject to hydrolysis) is 1. The lowest BCUT2D eigenvalue weighted by atomic mass is 10.00. The van der Waals surface area contributed by atoms with Crippen LogP contribution in [0.1, 0.15) is 67.2 Å². The maximum atomic E-state index is 12.3. The first-order chi connectivity index (χ1) is 12.7. The fourth-order valence-electron chi connectivity index (χ4n) is 2.12. The van der Waals surface area contributed by atoms with Crippen LogP contribution in [0.15, 0.2) is 0 Å². The molecule has 0 fully saturated rings. The molecule has 0 aliphatic heterocycles. The zero-order valence-electron chi connectivity index (χ0n) is 17.3. The molecule has 0 aromatic rings. The number of hydrogen-bond donors (Lipinski definition) is 1. The summed E-state index contributed by atoms with van der Waals surface area (Å²) in [7, 11) is 0. The molecule has 0 aliphatic rings. The Balaban J connectivity index is 5.52. The van der Waals surface area contributed by atoms with E-state index in [0.717, 1.165) is 19.3 Å². The number of amides is 1. The summed E-state index contributed by atoms with van der Waals surface area (Å²) in [5, 5.41) is 2.51. The smallest absolute Gasteiger partial charge is 0.408 e. The van der Waals surface area contributed by atoms with E-state index in [4.69, 9.17) is 14.2 Å². The molecule has 0 heterocycles. The third-order valence-corrected chi connectivity index (χ3v) is 3.25. The molecule has 27 heavy (non-hydrogen) atoms. The Labute approximate surface area is 162 Å². The summed E-state index contributed by atoms with van der Waals surface area (Å²) in [6.45, 7) is 10.7. The highest BCUT2D eigenvalue weighted by atomic mass is 16.6. The highest BCUT2D eigenvalue weighted by molar-refractivity contribution is 5.97. The van der Waals surface area contributed by atoms with Gasteiger partial charge in [-0.1, -0.05) is 25.7 Å². The van der Waals surface area contributed by atoms with Gasteiger partial charge in [-0.3, -0.25) is 9.59 Å². The monoisotopic (exact) mass is 383 g/mol. The molecule has 0 radical (unpaired) electrons. The maximum Gasteiger partial charge on any atom is 0.408 e.